The lowest BCUT2D eigenvalue weighted by Crippen LogP contribution is -2.20. The largest absolute Gasteiger partial charge is 0.333 e. The first-order valence-corrected chi connectivity index (χ1v) is 10.3. The molecule has 0 aliphatic heterocycles. The molecular formula is C17H18N4O3S2. The van der Waals surface area contributed by atoms with Crippen molar-refractivity contribution >= 4 is 44.4 Å². The van der Waals surface area contributed by atoms with Gasteiger partial charge in [0.05, 0.1) is 21.7 Å². The van der Waals surface area contributed by atoms with E-state index in [1.54, 1.807) is 19.1 Å². The summed E-state index contributed by atoms with van der Waals surface area (Å²) in [5, 5.41) is 3.37. The lowest BCUT2D eigenvalue weighted by molar-refractivity contribution is -0.113. The van der Waals surface area contributed by atoms with Crippen LogP contribution in [0.25, 0.3) is 11.0 Å². The molecule has 0 fully saturated rings. The summed E-state index contributed by atoms with van der Waals surface area (Å²) in [7, 11) is -2.23. The summed E-state index contributed by atoms with van der Waals surface area (Å²) < 4.78 is 26.3. The lowest BCUT2D eigenvalue weighted by atomic mass is 10.2. The number of nitrogens with zero attached hydrogens (tertiary/aromatic N) is 1. The van der Waals surface area contributed by atoms with Crippen molar-refractivity contribution in [2.24, 2.45) is 0 Å². The maximum absolute atomic E-state index is 12.2. The number of carbonyl (C=O) groups excluding carboxylic acids is 1. The number of para-hydroxylation sites is 2. The van der Waals surface area contributed by atoms with Crippen molar-refractivity contribution in [3.63, 3.8) is 0 Å². The van der Waals surface area contributed by atoms with Crippen LogP contribution >= 0.6 is 11.8 Å². The second-order valence-electron chi connectivity index (χ2n) is 5.58. The van der Waals surface area contributed by atoms with E-state index in [0.717, 1.165) is 11.0 Å². The topological polar surface area (TPSA) is 104 Å². The molecule has 0 saturated carbocycles. The number of anilines is 1. The zero-order valence-corrected chi connectivity index (χ0v) is 15.9. The van der Waals surface area contributed by atoms with E-state index in [1.165, 1.54) is 24.9 Å². The van der Waals surface area contributed by atoms with Crippen molar-refractivity contribution in [2.75, 3.05) is 18.1 Å². The molecular weight excluding hydrogens is 372 g/mol. The summed E-state index contributed by atoms with van der Waals surface area (Å²) in [5.74, 6) is -0.0888. The molecule has 0 unspecified atom stereocenters. The number of H-pyrrole nitrogens is 1. The Kier molecular flexibility index (Phi) is 5.30. The highest BCUT2D eigenvalue weighted by Crippen LogP contribution is 2.22. The van der Waals surface area contributed by atoms with Gasteiger partial charge in [0.25, 0.3) is 0 Å². The normalized spacial score (nSPS) is 11.6. The van der Waals surface area contributed by atoms with E-state index in [0.29, 0.717) is 16.4 Å². The molecule has 7 nitrogen and oxygen atoms in total. The second kappa shape index (κ2) is 7.48. The van der Waals surface area contributed by atoms with Crippen molar-refractivity contribution in [1.29, 1.82) is 0 Å². The van der Waals surface area contributed by atoms with E-state index in [-0.39, 0.29) is 16.6 Å². The number of thioether (sulfide) groups is 1. The number of fused-ring (bicyclic) bond motifs is 1. The predicted molar refractivity (Wildman–Crippen MR) is 103 cm³/mol. The van der Waals surface area contributed by atoms with Crippen LogP contribution < -0.4 is 10.0 Å². The molecule has 1 aromatic heterocycles. The number of rotatable bonds is 6. The maximum Gasteiger partial charge on any atom is 0.240 e. The molecule has 0 atom stereocenters. The number of amides is 1. The summed E-state index contributed by atoms with van der Waals surface area (Å²) >= 11 is 1.28. The Morgan fingerprint density at radius 1 is 1.23 bits per heavy atom. The van der Waals surface area contributed by atoms with Crippen LogP contribution in [0, 0.1) is 6.92 Å². The third-order valence-electron chi connectivity index (χ3n) is 3.74. The molecule has 3 aromatic rings. The molecule has 1 amide bonds. The number of hydrogen-bond acceptors (Lipinski definition) is 5. The average molecular weight is 390 g/mol. The molecule has 0 bridgehead atoms. The quantitative estimate of drug-likeness (QED) is 0.561. The van der Waals surface area contributed by atoms with E-state index in [4.69, 9.17) is 0 Å². The van der Waals surface area contributed by atoms with Gasteiger partial charge in [0.1, 0.15) is 0 Å². The molecule has 26 heavy (non-hydrogen) atoms. The van der Waals surface area contributed by atoms with Gasteiger partial charge in [0.2, 0.25) is 15.9 Å². The number of aromatic nitrogens is 2. The monoisotopic (exact) mass is 390 g/mol. The molecule has 0 radical (unpaired) electrons. The van der Waals surface area contributed by atoms with Gasteiger partial charge in [-0.15, -0.1) is 0 Å². The van der Waals surface area contributed by atoms with Crippen molar-refractivity contribution in [2.45, 2.75) is 17.0 Å². The van der Waals surface area contributed by atoms with Gasteiger partial charge in [-0.05, 0) is 43.8 Å². The maximum atomic E-state index is 12.2. The van der Waals surface area contributed by atoms with Crippen LogP contribution in [0.4, 0.5) is 5.69 Å². The highest BCUT2D eigenvalue weighted by molar-refractivity contribution is 7.99. The molecule has 2 aromatic carbocycles. The third-order valence-corrected chi connectivity index (χ3v) is 6.17. The number of hydrogen-bond donors (Lipinski definition) is 3. The molecule has 1 heterocycles. The Bertz CT molecular complexity index is 1030. The standard InChI is InChI=1S/C17H18N4O3S2/c1-11-7-8-12(9-15(11)26(23,24)18-2)19-16(22)10-25-17-20-13-5-3-4-6-14(13)21-17/h3-9,18H,10H2,1-2H3,(H,19,22)(H,20,21). The first-order chi connectivity index (χ1) is 12.4. The number of aromatic amines is 1. The fourth-order valence-corrected chi connectivity index (χ4v) is 4.09. The highest BCUT2D eigenvalue weighted by Gasteiger charge is 2.16. The first kappa shape index (κ1) is 18.4. The summed E-state index contributed by atoms with van der Waals surface area (Å²) in [5.41, 5.74) is 2.79. The SMILES string of the molecule is CNS(=O)(=O)c1cc(NC(=O)CSc2nc3ccccc3[nH]2)ccc1C. The number of imidazole rings is 1. The van der Waals surface area contributed by atoms with Crippen LogP contribution in [-0.2, 0) is 14.8 Å². The predicted octanol–water partition coefficient (Wildman–Crippen LogP) is 2.51. The number of benzene rings is 2. The average Bonchev–Trinajstić information content (AvgIpc) is 3.04. The minimum absolute atomic E-state index is 0.141. The van der Waals surface area contributed by atoms with Crippen molar-refractivity contribution < 1.29 is 13.2 Å². The smallest absolute Gasteiger partial charge is 0.240 e. The van der Waals surface area contributed by atoms with Crippen LogP contribution in [0.5, 0.6) is 0 Å². The summed E-state index contributed by atoms with van der Waals surface area (Å²) in [6, 6.07) is 12.4. The summed E-state index contributed by atoms with van der Waals surface area (Å²) in [6.07, 6.45) is 0. The number of aryl methyl sites for hydroxylation is 1. The molecule has 0 spiro atoms. The zero-order chi connectivity index (χ0) is 18.7. The van der Waals surface area contributed by atoms with Crippen molar-refractivity contribution in [1.82, 2.24) is 14.7 Å². The van der Waals surface area contributed by atoms with Gasteiger partial charge in [-0.3, -0.25) is 4.79 Å². The number of carbonyl (C=O) groups is 1. The number of nitrogens with one attached hydrogen (secondary N) is 3. The minimum atomic E-state index is -3.58. The molecule has 3 N–H and O–H groups in total. The lowest BCUT2D eigenvalue weighted by Gasteiger charge is -2.10. The van der Waals surface area contributed by atoms with Gasteiger partial charge in [-0.25, -0.2) is 18.1 Å². The Balaban J connectivity index is 1.67. The van der Waals surface area contributed by atoms with Gasteiger partial charge < -0.3 is 10.3 Å². The Morgan fingerprint density at radius 2 is 2.00 bits per heavy atom. The molecule has 0 aliphatic rings. The van der Waals surface area contributed by atoms with Gasteiger partial charge in [0.15, 0.2) is 5.16 Å². The summed E-state index contributed by atoms with van der Waals surface area (Å²) in [4.78, 5) is 19.9. The van der Waals surface area contributed by atoms with Crippen LogP contribution in [0.1, 0.15) is 5.56 Å². The Hall–Kier alpha value is -2.36. The molecule has 3 rings (SSSR count). The molecule has 0 saturated heterocycles. The summed E-state index contributed by atoms with van der Waals surface area (Å²) in [6.45, 7) is 1.70. The number of sulfonamides is 1. The van der Waals surface area contributed by atoms with E-state index in [1.807, 2.05) is 24.3 Å². The fraction of sp³-hybridized carbons (Fsp3) is 0.176. The van der Waals surface area contributed by atoms with Gasteiger partial charge in [0, 0.05) is 5.69 Å². The van der Waals surface area contributed by atoms with Crippen LogP contribution in [-0.4, -0.2) is 37.1 Å². The molecule has 136 valence electrons. The van der Waals surface area contributed by atoms with Crippen LogP contribution in [0.2, 0.25) is 0 Å². The first-order valence-electron chi connectivity index (χ1n) is 7.80. The second-order valence-corrected chi connectivity index (χ2v) is 8.40. The third kappa shape index (κ3) is 4.06. The zero-order valence-electron chi connectivity index (χ0n) is 14.2. The van der Waals surface area contributed by atoms with E-state index in [2.05, 4.69) is 20.0 Å². The van der Waals surface area contributed by atoms with Crippen molar-refractivity contribution in [3.05, 3.63) is 48.0 Å². The Morgan fingerprint density at radius 3 is 2.73 bits per heavy atom. The highest BCUT2D eigenvalue weighted by atomic mass is 32.2. The van der Waals surface area contributed by atoms with E-state index < -0.39 is 10.0 Å². The van der Waals surface area contributed by atoms with Crippen LogP contribution in [0.15, 0.2) is 52.5 Å². The molecule has 0 aliphatic carbocycles. The van der Waals surface area contributed by atoms with E-state index >= 15 is 0 Å². The Labute approximate surface area is 155 Å². The van der Waals surface area contributed by atoms with Gasteiger partial charge >= 0.3 is 0 Å². The van der Waals surface area contributed by atoms with Gasteiger partial charge in [-0.1, -0.05) is 30.0 Å². The van der Waals surface area contributed by atoms with Crippen molar-refractivity contribution in [3.8, 4) is 0 Å². The minimum Gasteiger partial charge on any atom is -0.333 e. The van der Waals surface area contributed by atoms with E-state index in [9.17, 15) is 13.2 Å². The van der Waals surface area contributed by atoms with Gasteiger partial charge in [-0.2, -0.15) is 0 Å². The van der Waals surface area contributed by atoms with Crippen LogP contribution in [0.3, 0.4) is 0 Å². The molecule has 9 heteroatoms. The fourth-order valence-electron chi connectivity index (χ4n) is 2.41.